The van der Waals surface area contributed by atoms with Gasteiger partial charge in [-0.15, -0.1) is 0 Å². The summed E-state index contributed by atoms with van der Waals surface area (Å²) in [6, 6.07) is 10.2. The smallest absolute Gasteiger partial charge is 0.223 e. The van der Waals surface area contributed by atoms with E-state index in [0.717, 1.165) is 37.6 Å². The van der Waals surface area contributed by atoms with Crippen molar-refractivity contribution >= 4 is 0 Å². The van der Waals surface area contributed by atoms with E-state index in [0.29, 0.717) is 18.5 Å². The van der Waals surface area contributed by atoms with E-state index < -0.39 is 6.10 Å². The first-order chi connectivity index (χ1) is 11.1. The molecule has 0 amide bonds. The maximum absolute atomic E-state index is 10.4. The Morgan fingerprint density at radius 1 is 1.30 bits per heavy atom. The van der Waals surface area contributed by atoms with Crippen LogP contribution in [-0.2, 0) is 6.54 Å². The van der Waals surface area contributed by atoms with Gasteiger partial charge in [0.1, 0.15) is 0 Å². The molecule has 23 heavy (non-hydrogen) atoms. The predicted octanol–water partition coefficient (Wildman–Crippen LogP) is 1.62. The molecule has 0 saturated carbocycles. The molecule has 1 fully saturated rings. The quantitative estimate of drug-likeness (QED) is 0.904. The second-order valence-electron chi connectivity index (χ2n) is 6.24. The highest BCUT2D eigenvalue weighted by atomic mass is 16.5. The lowest BCUT2D eigenvalue weighted by Gasteiger charge is -2.40. The lowest BCUT2D eigenvalue weighted by Crippen LogP contribution is -2.52. The van der Waals surface area contributed by atoms with Crippen molar-refractivity contribution in [1.29, 1.82) is 0 Å². The summed E-state index contributed by atoms with van der Waals surface area (Å²) in [6.07, 6.45) is -0.440. The van der Waals surface area contributed by atoms with Gasteiger partial charge in [0, 0.05) is 39.1 Å². The van der Waals surface area contributed by atoms with E-state index in [1.165, 1.54) is 0 Å². The third-order valence-corrected chi connectivity index (χ3v) is 4.38. The highest BCUT2D eigenvalue weighted by Gasteiger charge is 2.26. The first-order valence-electron chi connectivity index (χ1n) is 8.10. The maximum Gasteiger partial charge on any atom is 0.223 e. The highest BCUT2D eigenvalue weighted by Crippen LogP contribution is 2.18. The maximum atomic E-state index is 10.4. The van der Waals surface area contributed by atoms with Gasteiger partial charge in [-0.3, -0.25) is 9.80 Å². The van der Waals surface area contributed by atoms with Crippen molar-refractivity contribution < 1.29 is 9.63 Å². The fraction of sp³-hybridized carbons (Fsp3) is 0.529. The van der Waals surface area contributed by atoms with Crippen molar-refractivity contribution in [3.8, 4) is 0 Å². The first kappa shape index (κ1) is 16.1. The molecule has 1 aliphatic rings. The predicted molar refractivity (Wildman–Crippen MR) is 86.7 cm³/mol. The molecule has 1 aromatic carbocycles. The Labute approximate surface area is 136 Å². The van der Waals surface area contributed by atoms with Crippen molar-refractivity contribution in [3.05, 3.63) is 47.6 Å². The van der Waals surface area contributed by atoms with E-state index in [2.05, 4.69) is 26.9 Å². The van der Waals surface area contributed by atoms with Gasteiger partial charge in [-0.1, -0.05) is 35.5 Å². The summed E-state index contributed by atoms with van der Waals surface area (Å²) in [7, 11) is 0. The molecule has 124 valence electrons. The van der Waals surface area contributed by atoms with Crippen molar-refractivity contribution in [2.45, 2.75) is 32.5 Å². The molecular weight excluding hydrogens is 292 g/mol. The van der Waals surface area contributed by atoms with E-state index in [4.69, 9.17) is 4.52 Å². The number of β-amino-alcohol motifs (C(OH)–C–C–N with tert-alkyl or cyclic N) is 1. The monoisotopic (exact) mass is 316 g/mol. The Hall–Kier alpha value is -1.76. The molecule has 0 aliphatic carbocycles. The van der Waals surface area contributed by atoms with Gasteiger partial charge in [0.25, 0.3) is 0 Å². The van der Waals surface area contributed by atoms with Crippen LogP contribution in [0.1, 0.15) is 30.3 Å². The summed E-state index contributed by atoms with van der Waals surface area (Å²) in [5.74, 6) is 1.35. The summed E-state index contributed by atoms with van der Waals surface area (Å²) in [4.78, 5) is 8.94. The number of aromatic nitrogens is 2. The van der Waals surface area contributed by atoms with Gasteiger partial charge in [0.2, 0.25) is 5.89 Å². The Bertz CT molecular complexity index is 616. The summed E-state index contributed by atoms with van der Waals surface area (Å²) < 4.78 is 5.02. The number of nitrogens with zero attached hydrogens (tertiary/aromatic N) is 4. The Morgan fingerprint density at radius 2 is 2.09 bits per heavy atom. The number of aliphatic hydroxyl groups excluding tert-OH is 1. The normalized spacial score (nSPS) is 21.4. The number of hydrogen-bond donors (Lipinski definition) is 1. The second kappa shape index (κ2) is 7.21. The van der Waals surface area contributed by atoms with Gasteiger partial charge < -0.3 is 9.63 Å². The number of piperazine rings is 1. The summed E-state index contributed by atoms with van der Waals surface area (Å²) >= 11 is 0. The average Bonchev–Trinajstić information content (AvgIpc) is 2.96. The largest absolute Gasteiger partial charge is 0.387 e. The third-order valence-electron chi connectivity index (χ3n) is 4.38. The molecule has 0 spiro atoms. The number of aryl methyl sites for hydroxylation is 1. The summed E-state index contributed by atoms with van der Waals surface area (Å²) in [6.45, 7) is 8.21. The van der Waals surface area contributed by atoms with Crippen LogP contribution in [0.5, 0.6) is 0 Å². The Morgan fingerprint density at radius 3 is 2.74 bits per heavy atom. The van der Waals surface area contributed by atoms with Crippen molar-refractivity contribution in [1.82, 2.24) is 19.9 Å². The number of benzene rings is 1. The van der Waals surface area contributed by atoms with Crippen LogP contribution in [0.25, 0.3) is 0 Å². The van der Waals surface area contributed by atoms with Crippen LogP contribution in [0, 0.1) is 6.92 Å². The molecule has 0 unspecified atom stereocenters. The van der Waals surface area contributed by atoms with E-state index in [-0.39, 0.29) is 0 Å². The zero-order valence-corrected chi connectivity index (χ0v) is 13.7. The minimum atomic E-state index is -0.440. The minimum Gasteiger partial charge on any atom is -0.387 e. The SMILES string of the molecule is Cc1nc(CN2CCN(C[C@@H](O)c3ccccc3)[C@@H](C)C2)no1. The zero-order chi connectivity index (χ0) is 16.2. The lowest BCUT2D eigenvalue weighted by molar-refractivity contribution is 0.0351. The lowest BCUT2D eigenvalue weighted by atomic mass is 10.1. The third kappa shape index (κ3) is 4.16. The van der Waals surface area contributed by atoms with Crippen LogP contribution in [0.2, 0.25) is 0 Å². The molecular formula is C17H24N4O2. The molecule has 3 rings (SSSR count). The van der Waals surface area contributed by atoms with Gasteiger partial charge in [0.15, 0.2) is 5.82 Å². The molecule has 1 N–H and O–H groups in total. The number of aliphatic hydroxyl groups is 1. The van der Waals surface area contributed by atoms with Crippen LogP contribution in [0.15, 0.2) is 34.9 Å². The van der Waals surface area contributed by atoms with Crippen molar-refractivity contribution in [2.24, 2.45) is 0 Å². The molecule has 1 saturated heterocycles. The first-order valence-corrected chi connectivity index (χ1v) is 8.10. The Kier molecular flexibility index (Phi) is 5.05. The van der Waals surface area contributed by atoms with Crippen molar-refractivity contribution in [3.63, 3.8) is 0 Å². The second-order valence-corrected chi connectivity index (χ2v) is 6.24. The van der Waals surface area contributed by atoms with Gasteiger partial charge in [-0.2, -0.15) is 4.98 Å². The van der Waals surface area contributed by atoms with Crippen molar-refractivity contribution in [2.75, 3.05) is 26.2 Å². The molecule has 6 nitrogen and oxygen atoms in total. The highest BCUT2D eigenvalue weighted by molar-refractivity contribution is 5.17. The van der Waals surface area contributed by atoms with Gasteiger partial charge in [0.05, 0.1) is 12.6 Å². The molecule has 2 atom stereocenters. The molecule has 1 aromatic heterocycles. The van der Waals surface area contributed by atoms with Gasteiger partial charge >= 0.3 is 0 Å². The fourth-order valence-electron chi connectivity index (χ4n) is 3.09. The van der Waals surface area contributed by atoms with Crippen LogP contribution >= 0.6 is 0 Å². The zero-order valence-electron chi connectivity index (χ0n) is 13.7. The van der Waals surface area contributed by atoms with E-state index in [9.17, 15) is 5.11 Å². The van der Waals surface area contributed by atoms with Crippen LogP contribution in [0.3, 0.4) is 0 Å². The minimum absolute atomic E-state index is 0.384. The standard InChI is InChI=1S/C17H24N4O2/c1-13-10-20(12-17-18-14(2)23-19-17)8-9-21(13)11-16(22)15-6-4-3-5-7-15/h3-7,13,16,22H,8-12H2,1-2H3/t13-,16+/m0/s1. The summed E-state index contributed by atoms with van der Waals surface area (Å²) in [5.41, 5.74) is 0.976. The Balaban J connectivity index is 1.52. The van der Waals surface area contributed by atoms with Gasteiger partial charge in [-0.25, -0.2) is 0 Å². The van der Waals surface area contributed by atoms with Gasteiger partial charge in [-0.05, 0) is 12.5 Å². The van der Waals surface area contributed by atoms with E-state index in [1.54, 1.807) is 0 Å². The molecule has 6 heteroatoms. The van der Waals surface area contributed by atoms with E-state index in [1.807, 2.05) is 37.3 Å². The van der Waals surface area contributed by atoms with Crippen LogP contribution in [0.4, 0.5) is 0 Å². The van der Waals surface area contributed by atoms with Crippen LogP contribution < -0.4 is 0 Å². The average molecular weight is 316 g/mol. The molecule has 1 aliphatic heterocycles. The number of rotatable bonds is 5. The topological polar surface area (TPSA) is 65.6 Å². The number of hydrogen-bond acceptors (Lipinski definition) is 6. The fourth-order valence-corrected chi connectivity index (χ4v) is 3.09. The molecule has 0 radical (unpaired) electrons. The molecule has 2 aromatic rings. The molecule has 2 heterocycles. The van der Waals surface area contributed by atoms with E-state index >= 15 is 0 Å². The van der Waals surface area contributed by atoms with Crippen LogP contribution in [-0.4, -0.2) is 57.3 Å². The molecule has 0 bridgehead atoms. The summed E-state index contributed by atoms with van der Waals surface area (Å²) in [5, 5.41) is 14.4.